The van der Waals surface area contributed by atoms with Crippen molar-refractivity contribution in [2.45, 2.75) is 18.5 Å². The van der Waals surface area contributed by atoms with Crippen LogP contribution in [0, 0.1) is 0 Å². The zero-order chi connectivity index (χ0) is 18.4. The fourth-order valence-corrected chi connectivity index (χ4v) is 3.37. The van der Waals surface area contributed by atoms with E-state index in [0.29, 0.717) is 0 Å². The molecule has 0 heterocycles. The van der Waals surface area contributed by atoms with Crippen molar-refractivity contribution >= 4 is 5.97 Å². The molecule has 0 aromatic heterocycles. The van der Waals surface area contributed by atoms with Crippen LogP contribution < -0.4 is 5.32 Å². The number of hydrogen-bond donors (Lipinski definition) is 1. The van der Waals surface area contributed by atoms with E-state index in [1.54, 1.807) is 0 Å². The lowest BCUT2D eigenvalue weighted by Gasteiger charge is -2.38. The lowest BCUT2D eigenvalue weighted by molar-refractivity contribution is -0.143. The third kappa shape index (κ3) is 3.39. The first-order chi connectivity index (χ1) is 12.7. The number of carbonyl (C=O) groups is 1. The summed E-state index contributed by atoms with van der Waals surface area (Å²) in [5.74, 6) is -0.294. The van der Waals surface area contributed by atoms with E-state index in [1.165, 1.54) is 7.11 Å². The lowest BCUT2D eigenvalue weighted by Crippen LogP contribution is -2.51. The molecule has 0 saturated heterocycles. The minimum absolute atomic E-state index is 0.294. The van der Waals surface area contributed by atoms with Gasteiger partial charge in [-0.2, -0.15) is 0 Å². The van der Waals surface area contributed by atoms with Gasteiger partial charge in [-0.15, -0.1) is 0 Å². The van der Waals surface area contributed by atoms with E-state index in [2.05, 4.69) is 41.7 Å². The van der Waals surface area contributed by atoms with Crippen molar-refractivity contribution < 1.29 is 9.53 Å². The summed E-state index contributed by atoms with van der Waals surface area (Å²) < 4.78 is 4.96. The second kappa shape index (κ2) is 7.98. The average molecular weight is 345 g/mol. The normalized spacial score (nSPS) is 12.4. The van der Waals surface area contributed by atoms with Gasteiger partial charge in [0.15, 0.2) is 0 Å². The van der Waals surface area contributed by atoms with Crippen LogP contribution in [0.5, 0.6) is 0 Å². The van der Waals surface area contributed by atoms with E-state index in [9.17, 15) is 4.79 Å². The Kier molecular flexibility index (Phi) is 5.49. The minimum Gasteiger partial charge on any atom is -0.468 e. The van der Waals surface area contributed by atoms with Crippen molar-refractivity contribution in [3.63, 3.8) is 0 Å². The van der Waals surface area contributed by atoms with Crippen molar-refractivity contribution in [3.8, 4) is 0 Å². The standard InChI is InChI=1S/C23H23NO2/c1-18(22(25)26-2)24-23(19-12-6-3-7-13-19,20-14-8-4-9-15-20)21-16-10-5-11-17-21/h3-18,24H,1-2H3/t18-/m1/s1. The first kappa shape index (κ1) is 17.9. The summed E-state index contributed by atoms with van der Waals surface area (Å²) in [5.41, 5.74) is 2.52. The Hall–Kier alpha value is -2.91. The molecular formula is C23H23NO2. The second-order valence-corrected chi connectivity index (χ2v) is 6.24. The minimum atomic E-state index is -0.669. The number of rotatable bonds is 6. The molecule has 1 atom stereocenters. The van der Waals surface area contributed by atoms with Gasteiger partial charge < -0.3 is 4.74 Å². The van der Waals surface area contributed by atoms with E-state index in [4.69, 9.17) is 4.74 Å². The molecule has 0 aliphatic rings. The van der Waals surface area contributed by atoms with Crippen molar-refractivity contribution in [1.29, 1.82) is 0 Å². The molecule has 3 nitrogen and oxygen atoms in total. The predicted molar refractivity (Wildman–Crippen MR) is 104 cm³/mol. The van der Waals surface area contributed by atoms with Gasteiger partial charge in [0, 0.05) is 0 Å². The Morgan fingerprint density at radius 3 is 1.42 bits per heavy atom. The van der Waals surface area contributed by atoms with Crippen molar-refractivity contribution in [2.75, 3.05) is 7.11 Å². The first-order valence-corrected chi connectivity index (χ1v) is 8.70. The summed E-state index contributed by atoms with van der Waals surface area (Å²) in [5, 5.41) is 3.56. The predicted octanol–water partition coefficient (Wildman–Crippen LogP) is 4.13. The summed E-state index contributed by atoms with van der Waals surface area (Å²) in [7, 11) is 1.41. The third-order valence-electron chi connectivity index (χ3n) is 4.61. The molecule has 3 rings (SSSR count). The molecule has 1 N–H and O–H groups in total. The van der Waals surface area contributed by atoms with Crippen LogP contribution in [0.1, 0.15) is 23.6 Å². The van der Waals surface area contributed by atoms with Crippen LogP contribution in [0.15, 0.2) is 91.0 Å². The highest BCUT2D eigenvalue weighted by Gasteiger charge is 2.38. The van der Waals surface area contributed by atoms with Crippen molar-refractivity contribution in [2.24, 2.45) is 0 Å². The van der Waals surface area contributed by atoms with Crippen LogP contribution in [-0.2, 0) is 15.1 Å². The van der Waals surface area contributed by atoms with Gasteiger partial charge in [-0.25, -0.2) is 0 Å². The second-order valence-electron chi connectivity index (χ2n) is 6.24. The first-order valence-electron chi connectivity index (χ1n) is 8.70. The molecule has 3 aromatic carbocycles. The van der Waals surface area contributed by atoms with Gasteiger partial charge in [-0.1, -0.05) is 91.0 Å². The zero-order valence-electron chi connectivity index (χ0n) is 15.1. The molecule has 0 aliphatic heterocycles. The van der Waals surface area contributed by atoms with Gasteiger partial charge in [-0.3, -0.25) is 10.1 Å². The van der Waals surface area contributed by atoms with Crippen molar-refractivity contribution in [1.82, 2.24) is 5.32 Å². The summed E-state index contributed by atoms with van der Waals surface area (Å²) in [6.07, 6.45) is 0. The number of nitrogens with one attached hydrogen (secondary N) is 1. The van der Waals surface area contributed by atoms with E-state index >= 15 is 0 Å². The Bertz CT molecular complexity index is 735. The Morgan fingerprint density at radius 2 is 1.12 bits per heavy atom. The molecule has 3 heteroatoms. The highest BCUT2D eigenvalue weighted by Crippen LogP contribution is 2.37. The number of benzene rings is 3. The fraction of sp³-hybridized carbons (Fsp3) is 0.174. The van der Waals surface area contributed by atoms with Crippen molar-refractivity contribution in [3.05, 3.63) is 108 Å². The molecule has 132 valence electrons. The van der Waals surface area contributed by atoms with Gasteiger partial charge in [0.25, 0.3) is 0 Å². The molecule has 0 unspecified atom stereocenters. The fourth-order valence-electron chi connectivity index (χ4n) is 3.37. The molecule has 0 spiro atoms. The quantitative estimate of drug-likeness (QED) is 0.539. The highest BCUT2D eigenvalue weighted by atomic mass is 16.5. The number of carbonyl (C=O) groups excluding carboxylic acids is 1. The van der Waals surface area contributed by atoms with Gasteiger partial charge in [0.05, 0.1) is 12.6 Å². The topological polar surface area (TPSA) is 38.3 Å². The van der Waals surface area contributed by atoms with Crippen LogP contribution in [0.4, 0.5) is 0 Å². The van der Waals surface area contributed by atoms with Gasteiger partial charge in [0.1, 0.15) is 6.04 Å². The molecule has 26 heavy (non-hydrogen) atoms. The van der Waals surface area contributed by atoms with Gasteiger partial charge >= 0.3 is 5.97 Å². The molecule has 0 amide bonds. The maximum absolute atomic E-state index is 12.2. The molecule has 0 bridgehead atoms. The summed E-state index contributed by atoms with van der Waals surface area (Å²) in [6, 6.07) is 30.1. The van der Waals surface area contributed by atoms with E-state index in [0.717, 1.165) is 16.7 Å². The molecule has 0 fully saturated rings. The number of methoxy groups -OCH3 is 1. The summed E-state index contributed by atoms with van der Waals surface area (Å²) in [6.45, 7) is 1.83. The van der Waals surface area contributed by atoms with Gasteiger partial charge in [0.2, 0.25) is 0 Å². The van der Waals surface area contributed by atoms with Crippen LogP contribution >= 0.6 is 0 Å². The lowest BCUT2D eigenvalue weighted by atomic mass is 9.76. The largest absolute Gasteiger partial charge is 0.468 e. The van der Waals surface area contributed by atoms with Crippen LogP contribution in [0.3, 0.4) is 0 Å². The van der Waals surface area contributed by atoms with E-state index in [1.807, 2.05) is 61.5 Å². The van der Waals surface area contributed by atoms with Gasteiger partial charge in [-0.05, 0) is 23.6 Å². The zero-order valence-corrected chi connectivity index (χ0v) is 15.1. The third-order valence-corrected chi connectivity index (χ3v) is 4.61. The van der Waals surface area contributed by atoms with Crippen LogP contribution in [0.2, 0.25) is 0 Å². The van der Waals surface area contributed by atoms with E-state index < -0.39 is 11.6 Å². The number of hydrogen-bond acceptors (Lipinski definition) is 3. The monoisotopic (exact) mass is 345 g/mol. The van der Waals surface area contributed by atoms with E-state index in [-0.39, 0.29) is 5.97 Å². The van der Waals surface area contributed by atoms with Crippen LogP contribution in [0.25, 0.3) is 0 Å². The SMILES string of the molecule is COC(=O)[C@@H](C)NC(c1ccccc1)(c1ccccc1)c1ccccc1. The Morgan fingerprint density at radius 1 is 0.769 bits per heavy atom. The Labute approximate surface area is 154 Å². The molecule has 0 radical (unpaired) electrons. The summed E-state index contributed by atoms with van der Waals surface area (Å²) in [4.78, 5) is 12.2. The smallest absolute Gasteiger partial charge is 0.322 e. The Balaban J connectivity index is 2.26. The molecule has 0 saturated carbocycles. The molecule has 0 aliphatic carbocycles. The average Bonchev–Trinajstić information content (AvgIpc) is 2.73. The maximum Gasteiger partial charge on any atom is 0.322 e. The summed E-state index contributed by atoms with van der Waals surface area (Å²) >= 11 is 0. The number of ether oxygens (including phenoxy) is 1. The maximum atomic E-state index is 12.2. The molecular weight excluding hydrogens is 322 g/mol. The highest BCUT2D eigenvalue weighted by molar-refractivity contribution is 5.75. The molecule has 3 aromatic rings. The van der Waals surface area contributed by atoms with Crippen LogP contribution in [-0.4, -0.2) is 19.1 Å². The number of esters is 1.